The average molecular weight is 323 g/mol. The van der Waals surface area contributed by atoms with Crippen LogP contribution in [0.2, 0.25) is 5.02 Å². The predicted octanol–water partition coefficient (Wildman–Crippen LogP) is 4.45. The van der Waals surface area contributed by atoms with Gasteiger partial charge in [-0.2, -0.15) is 0 Å². The molecule has 3 nitrogen and oxygen atoms in total. The second-order valence-electron chi connectivity index (χ2n) is 5.89. The van der Waals surface area contributed by atoms with Crippen LogP contribution in [0, 0.1) is 5.92 Å². The third-order valence-corrected chi connectivity index (χ3v) is 5.74. The number of fused-ring (bicyclic) bond motifs is 1. The first-order chi connectivity index (χ1) is 10.1. The van der Waals surface area contributed by atoms with Crippen molar-refractivity contribution in [3.63, 3.8) is 0 Å². The topological polar surface area (TPSA) is 55.1 Å². The van der Waals surface area contributed by atoms with Crippen molar-refractivity contribution < 1.29 is 4.79 Å². The summed E-state index contributed by atoms with van der Waals surface area (Å²) in [4.78, 5) is 13.1. The Morgan fingerprint density at radius 1 is 1.33 bits per heavy atom. The van der Waals surface area contributed by atoms with E-state index in [9.17, 15) is 4.79 Å². The molecule has 0 atom stereocenters. The molecule has 1 fully saturated rings. The van der Waals surface area contributed by atoms with Crippen LogP contribution in [0.4, 0.5) is 5.69 Å². The van der Waals surface area contributed by atoms with Crippen LogP contribution in [0.25, 0.3) is 10.1 Å². The third-order valence-electron chi connectivity index (χ3n) is 4.26. The molecule has 1 saturated carbocycles. The third kappa shape index (κ3) is 2.87. The van der Waals surface area contributed by atoms with Gasteiger partial charge in [0.05, 0.1) is 10.7 Å². The number of nitrogens with one attached hydrogen (secondary N) is 1. The lowest BCUT2D eigenvalue weighted by molar-refractivity contribution is 0.0928. The smallest absolute Gasteiger partial charge is 0.263 e. The average Bonchev–Trinajstić information content (AvgIpc) is 2.80. The molecule has 0 bridgehead atoms. The van der Waals surface area contributed by atoms with Crippen LogP contribution in [-0.2, 0) is 0 Å². The number of hydrogen-bond donors (Lipinski definition) is 2. The lowest BCUT2D eigenvalue weighted by Gasteiger charge is -2.26. The molecule has 21 heavy (non-hydrogen) atoms. The predicted molar refractivity (Wildman–Crippen MR) is 90.1 cm³/mol. The van der Waals surface area contributed by atoms with Gasteiger partial charge >= 0.3 is 0 Å². The molecule has 1 heterocycles. The minimum atomic E-state index is -0.0654. The summed E-state index contributed by atoms with van der Waals surface area (Å²) in [5.74, 6) is 0.704. The Balaban J connectivity index is 1.82. The normalized spacial score (nSPS) is 22.4. The minimum absolute atomic E-state index is 0.0654. The SMILES string of the molecule is CC1CCC(NC(=O)c2sc3cccc(Cl)c3c2N)CC1. The molecule has 0 saturated heterocycles. The Hall–Kier alpha value is -1.26. The lowest BCUT2D eigenvalue weighted by Crippen LogP contribution is -2.37. The highest BCUT2D eigenvalue weighted by molar-refractivity contribution is 7.21. The van der Waals surface area contributed by atoms with Gasteiger partial charge in [0.15, 0.2) is 0 Å². The van der Waals surface area contributed by atoms with Crippen molar-refractivity contribution in [2.75, 3.05) is 5.73 Å². The van der Waals surface area contributed by atoms with Crippen molar-refractivity contribution >= 4 is 44.6 Å². The van der Waals surface area contributed by atoms with E-state index in [2.05, 4.69) is 12.2 Å². The molecule has 1 aromatic heterocycles. The molecule has 0 radical (unpaired) electrons. The second-order valence-corrected chi connectivity index (χ2v) is 7.35. The van der Waals surface area contributed by atoms with Crippen molar-refractivity contribution in [3.8, 4) is 0 Å². The summed E-state index contributed by atoms with van der Waals surface area (Å²) in [6.45, 7) is 2.27. The van der Waals surface area contributed by atoms with E-state index in [-0.39, 0.29) is 11.9 Å². The standard InChI is InChI=1S/C16H19ClN2OS/c1-9-5-7-10(8-6-9)19-16(20)15-14(18)13-11(17)3-2-4-12(13)21-15/h2-4,9-10H,5-8,18H2,1H3,(H,19,20). The zero-order chi connectivity index (χ0) is 15.0. The highest BCUT2D eigenvalue weighted by atomic mass is 35.5. The van der Waals surface area contributed by atoms with Crippen LogP contribution in [0.15, 0.2) is 18.2 Å². The van der Waals surface area contributed by atoms with Crippen molar-refractivity contribution in [1.29, 1.82) is 0 Å². The Bertz CT molecular complexity index is 674. The fourth-order valence-electron chi connectivity index (χ4n) is 2.95. The van der Waals surface area contributed by atoms with E-state index in [1.165, 1.54) is 24.2 Å². The molecule has 1 amide bonds. The molecule has 3 N–H and O–H groups in total. The zero-order valence-electron chi connectivity index (χ0n) is 12.0. The monoisotopic (exact) mass is 322 g/mol. The molecule has 3 rings (SSSR count). The number of nitrogens with two attached hydrogens (primary N) is 1. The van der Waals surface area contributed by atoms with Gasteiger partial charge in [-0.15, -0.1) is 11.3 Å². The second kappa shape index (κ2) is 5.85. The first kappa shape index (κ1) is 14.7. The van der Waals surface area contributed by atoms with E-state index in [1.807, 2.05) is 12.1 Å². The van der Waals surface area contributed by atoms with Crippen LogP contribution >= 0.6 is 22.9 Å². The quantitative estimate of drug-likeness (QED) is 0.858. The fraction of sp³-hybridized carbons (Fsp3) is 0.438. The van der Waals surface area contributed by atoms with E-state index in [4.69, 9.17) is 17.3 Å². The molecule has 1 aromatic carbocycles. The summed E-state index contributed by atoms with van der Waals surface area (Å²) in [6.07, 6.45) is 4.47. The van der Waals surface area contributed by atoms with Crippen molar-refractivity contribution in [3.05, 3.63) is 28.1 Å². The Morgan fingerprint density at radius 3 is 2.71 bits per heavy atom. The number of amides is 1. The molecule has 0 aliphatic heterocycles. The first-order valence-corrected chi connectivity index (χ1v) is 8.53. The number of carbonyl (C=O) groups is 1. The van der Waals surface area contributed by atoms with Crippen LogP contribution in [-0.4, -0.2) is 11.9 Å². The molecule has 5 heteroatoms. The highest BCUT2D eigenvalue weighted by Crippen LogP contribution is 2.38. The number of anilines is 1. The number of hydrogen-bond acceptors (Lipinski definition) is 3. The van der Waals surface area contributed by atoms with E-state index in [0.717, 1.165) is 28.8 Å². The lowest BCUT2D eigenvalue weighted by atomic mass is 9.87. The Labute approximate surface area is 133 Å². The van der Waals surface area contributed by atoms with E-state index in [1.54, 1.807) is 6.07 Å². The number of nitrogen functional groups attached to an aromatic ring is 1. The molecule has 1 aliphatic rings. The zero-order valence-corrected chi connectivity index (χ0v) is 13.6. The maximum atomic E-state index is 12.5. The van der Waals surface area contributed by atoms with Gasteiger partial charge in [0.2, 0.25) is 0 Å². The number of benzene rings is 1. The number of halogens is 1. The van der Waals surface area contributed by atoms with Crippen LogP contribution < -0.4 is 11.1 Å². The highest BCUT2D eigenvalue weighted by Gasteiger charge is 2.23. The minimum Gasteiger partial charge on any atom is -0.397 e. The van der Waals surface area contributed by atoms with Gasteiger partial charge in [-0.1, -0.05) is 24.6 Å². The van der Waals surface area contributed by atoms with Crippen molar-refractivity contribution in [1.82, 2.24) is 5.32 Å². The van der Waals surface area contributed by atoms with Crippen molar-refractivity contribution in [2.24, 2.45) is 5.92 Å². The van der Waals surface area contributed by atoms with Crippen molar-refractivity contribution in [2.45, 2.75) is 38.6 Å². The largest absolute Gasteiger partial charge is 0.397 e. The maximum Gasteiger partial charge on any atom is 0.263 e. The number of thiophene rings is 1. The summed E-state index contributed by atoms with van der Waals surface area (Å²) in [5, 5.41) is 4.53. The van der Waals surface area contributed by atoms with Gasteiger partial charge in [0, 0.05) is 16.1 Å². The molecular formula is C16H19ClN2OS. The molecule has 0 unspecified atom stereocenters. The van der Waals surface area contributed by atoms with E-state index < -0.39 is 0 Å². The van der Waals surface area contributed by atoms with Gasteiger partial charge in [-0.25, -0.2) is 0 Å². The fourth-order valence-corrected chi connectivity index (χ4v) is 4.34. The van der Waals surface area contributed by atoms with Crippen LogP contribution in [0.1, 0.15) is 42.3 Å². The van der Waals surface area contributed by atoms with Gasteiger partial charge < -0.3 is 11.1 Å². The maximum absolute atomic E-state index is 12.5. The molecule has 1 aliphatic carbocycles. The van der Waals surface area contributed by atoms with E-state index in [0.29, 0.717) is 15.6 Å². The molecule has 2 aromatic rings. The van der Waals surface area contributed by atoms with Gasteiger partial charge in [0.25, 0.3) is 5.91 Å². The summed E-state index contributed by atoms with van der Waals surface area (Å²) in [5.41, 5.74) is 6.64. The molecule has 112 valence electrons. The Morgan fingerprint density at radius 2 is 2.05 bits per heavy atom. The number of carbonyl (C=O) groups excluding carboxylic acids is 1. The summed E-state index contributed by atoms with van der Waals surface area (Å²) >= 11 is 7.60. The van der Waals surface area contributed by atoms with Gasteiger partial charge in [0.1, 0.15) is 4.88 Å². The summed E-state index contributed by atoms with van der Waals surface area (Å²) in [7, 11) is 0. The Kier molecular flexibility index (Phi) is 4.09. The van der Waals surface area contributed by atoms with E-state index >= 15 is 0 Å². The van der Waals surface area contributed by atoms with Gasteiger partial charge in [-0.05, 0) is 43.7 Å². The number of rotatable bonds is 2. The van der Waals surface area contributed by atoms with Crippen LogP contribution in [0.5, 0.6) is 0 Å². The molecular weight excluding hydrogens is 304 g/mol. The van der Waals surface area contributed by atoms with Crippen LogP contribution in [0.3, 0.4) is 0 Å². The summed E-state index contributed by atoms with van der Waals surface area (Å²) in [6, 6.07) is 5.90. The first-order valence-electron chi connectivity index (χ1n) is 7.33. The molecule has 0 spiro atoms. The summed E-state index contributed by atoms with van der Waals surface area (Å²) < 4.78 is 0.961. The van der Waals surface area contributed by atoms with Gasteiger partial charge in [-0.3, -0.25) is 4.79 Å².